The molecule has 0 spiro atoms. The molecule has 1 aliphatic rings. The Balaban J connectivity index is 2.11. The van der Waals surface area contributed by atoms with Gasteiger partial charge in [0.15, 0.2) is 0 Å². The number of pyridine rings is 1. The fourth-order valence-corrected chi connectivity index (χ4v) is 3.32. The lowest BCUT2D eigenvalue weighted by Gasteiger charge is -2.27. The number of piperidine rings is 1. The van der Waals surface area contributed by atoms with E-state index in [1.54, 1.807) is 15.3 Å². The summed E-state index contributed by atoms with van der Waals surface area (Å²) in [5.41, 5.74) is -2.15. The molecule has 1 saturated heterocycles. The Kier molecular flexibility index (Phi) is 5.45. The predicted molar refractivity (Wildman–Crippen MR) is 101 cm³/mol. The number of anilines is 1. The van der Waals surface area contributed by atoms with Gasteiger partial charge in [0.2, 0.25) is 11.8 Å². The van der Waals surface area contributed by atoms with E-state index in [-0.39, 0.29) is 11.1 Å². The van der Waals surface area contributed by atoms with E-state index in [2.05, 4.69) is 29.1 Å². The van der Waals surface area contributed by atoms with Gasteiger partial charge in [-0.3, -0.25) is 4.98 Å². The van der Waals surface area contributed by atoms with Crippen LogP contribution in [0.15, 0.2) is 18.3 Å². The van der Waals surface area contributed by atoms with Gasteiger partial charge in [0.25, 0.3) is 5.66 Å². The fraction of sp³-hybridized carbons (Fsp3) is 0.438. The lowest BCUT2D eigenvalue weighted by Crippen LogP contribution is -2.31. The zero-order valence-electron chi connectivity index (χ0n) is 13.9. The molecule has 0 radical (unpaired) electrons. The molecule has 1 fully saturated rings. The van der Waals surface area contributed by atoms with Crippen LogP contribution in [0.4, 0.5) is 14.7 Å². The molecule has 0 bridgehead atoms. The molecule has 0 saturated carbocycles. The first-order valence-electron chi connectivity index (χ1n) is 7.99. The summed E-state index contributed by atoms with van der Waals surface area (Å²) in [6, 6.07) is 2.91. The predicted octanol–water partition coefficient (Wildman–Crippen LogP) is 2.96. The Morgan fingerprint density at radius 2 is 1.88 bits per heavy atom. The van der Waals surface area contributed by atoms with Gasteiger partial charge in [-0.05, 0) is 25.3 Å². The monoisotopic (exact) mass is 384 g/mol. The second kappa shape index (κ2) is 7.43. The molecule has 3 rings (SSSR count). The van der Waals surface area contributed by atoms with Crippen molar-refractivity contribution >= 4 is 29.9 Å². The quantitative estimate of drug-likeness (QED) is 0.759. The largest absolute Gasteiger partial charge is 0.481 e. The summed E-state index contributed by atoms with van der Waals surface area (Å²) in [5, 5.41) is 0. The number of aromatic nitrogens is 3. The van der Waals surface area contributed by atoms with Crippen molar-refractivity contribution in [1.82, 2.24) is 15.0 Å². The number of ether oxygens (including phenoxy) is 1. The van der Waals surface area contributed by atoms with Crippen LogP contribution in [0.2, 0.25) is 0 Å². The number of rotatable bonds is 4. The highest BCUT2D eigenvalue weighted by atomic mass is 31.0. The minimum absolute atomic E-state index is 0.150. The maximum atomic E-state index is 14.1. The van der Waals surface area contributed by atoms with E-state index >= 15 is 0 Å². The summed E-state index contributed by atoms with van der Waals surface area (Å²) >= 11 is 0. The van der Waals surface area contributed by atoms with E-state index in [9.17, 15) is 8.78 Å². The van der Waals surface area contributed by atoms with Crippen LogP contribution in [-0.2, 0) is 5.66 Å². The summed E-state index contributed by atoms with van der Waals surface area (Å²) < 4.78 is 33.4. The van der Waals surface area contributed by atoms with E-state index in [1.165, 1.54) is 25.8 Å². The number of hydrogen-bond donors (Lipinski definition) is 0. The van der Waals surface area contributed by atoms with Crippen LogP contribution in [0.5, 0.6) is 5.88 Å². The molecule has 0 aromatic carbocycles. The summed E-state index contributed by atoms with van der Waals surface area (Å²) in [6.45, 7) is 1.70. The minimum Gasteiger partial charge on any atom is -0.481 e. The number of nitrogens with zero attached hydrogens (tertiary/aromatic N) is 4. The SMILES string of the molecule is COc1cc(-c2cnc(P)cc2C(F)(F)P)nc(N2CCCCC2)n1. The Hall–Kier alpha value is -1.45. The molecule has 25 heavy (non-hydrogen) atoms. The molecule has 2 unspecified atom stereocenters. The summed E-state index contributed by atoms with van der Waals surface area (Å²) in [4.78, 5) is 15.1. The molecular formula is C16H20F2N4OP2. The molecule has 134 valence electrons. The summed E-state index contributed by atoms with van der Waals surface area (Å²) in [5.74, 6) is 0.848. The van der Waals surface area contributed by atoms with Gasteiger partial charge >= 0.3 is 0 Å². The number of hydrogen-bond acceptors (Lipinski definition) is 5. The van der Waals surface area contributed by atoms with Crippen molar-refractivity contribution < 1.29 is 13.5 Å². The topological polar surface area (TPSA) is 51.1 Å². The van der Waals surface area contributed by atoms with Crippen molar-refractivity contribution in [1.29, 1.82) is 0 Å². The first-order chi connectivity index (χ1) is 11.9. The zero-order valence-corrected chi connectivity index (χ0v) is 16.2. The van der Waals surface area contributed by atoms with Crippen LogP contribution in [-0.4, -0.2) is 35.2 Å². The lowest BCUT2D eigenvalue weighted by molar-refractivity contribution is 0.104. The van der Waals surface area contributed by atoms with E-state index in [4.69, 9.17) is 4.74 Å². The van der Waals surface area contributed by atoms with E-state index in [0.717, 1.165) is 25.9 Å². The number of halogens is 2. The fourth-order valence-electron chi connectivity index (χ4n) is 2.84. The normalized spacial score (nSPS) is 15.3. The third-order valence-corrected chi connectivity index (χ3v) is 4.73. The smallest absolute Gasteiger partial charge is 0.284 e. The van der Waals surface area contributed by atoms with Gasteiger partial charge in [0.1, 0.15) is 0 Å². The van der Waals surface area contributed by atoms with Crippen LogP contribution in [0, 0.1) is 0 Å². The first kappa shape index (κ1) is 18.3. The Morgan fingerprint density at radius 3 is 2.52 bits per heavy atom. The average Bonchev–Trinajstić information content (AvgIpc) is 2.61. The minimum atomic E-state index is -3.09. The highest BCUT2D eigenvalue weighted by Gasteiger charge is 2.30. The van der Waals surface area contributed by atoms with Crippen molar-refractivity contribution in [2.24, 2.45) is 0 Å². The van der Waals surface area contributed by atoms with Crippen molar-refractivity contribution in [3.8, 4) is 17.1 Å². The van der Waals surface area contributed by atoms with Crippen molar-refractivity contribution in [2.45, 2.75) is 24.9 Å². The van der Waals surface area contributed by atoms with Crippen molar-refractivity contribution in [3.63, 3.8) is 0 Å². The molecule has 0 N–H and O–H groups in total. The molecule has 0 amide bonds. The average molecular weight is 384 g/mol. The molecule has 5 nitrogen and oxygen atoms in total. The molecule has 3 heterocycles. The van der Waals surface area contributed by atoms with Crippen LogP contribution >= 0.6 is 18.5 Å². The van der Waals surface area contributed by atoms with Gasteiger partial charge in [-0.15, -0.1) is 0 Å². The van der Waals surface area contributed by atoms with Gasteiger partial charge in [-0.1, -0.05) is 18.5 Å². The van der Waals surface area contributed by atoms with Gasteiger partial charge in [0, 0.05) is 36.5 Å². The van der Waals surface area contributed by atoms with Gasteiger partial charge in [-0.25, -0.2) is 4.98 Å². The Bertz CT molecular complexity index is 764. The second-order valence-corrected chi connectivity index (χ2v) is 7.24. The van der Waals surface area contributed by atoms with Gasteiger partial charge in [-0.2, -0.15) is 13.8 Å². The second-order valence-electron chi connectivity index (χ2n) is 5.92. The lowest BCUT2D eigenvalue weighted by atomic mass is 10.1. The van der Waals surface area contributed by atoms with Gasteiger partial charge in [0.05, 0.1) is 18.2 Å². The van der Waals surface area contributed by atoms with Crippen LogP contribution < -0.4 is 15.1 Å². The van der Waals surface area contributed by atoms with E-state index in [0.29, 0.717) is 23.0 Å². The molecule has 2 atom stereocenters. The van der Waals surface area contributed by atoms with E-state index < -0.39 is 5.66 Å². The van der Waals surface area contributed by atoms with Crippen molar-refractivity contribution in [2.75, 3.05) is 25.1 Å². The molecular weight excluding hydrogens is 364 g/mol. The van der Waals surface area contributed by atoms with Gasteiger partial charge < -0.3 is 9.64 Å². The molecule has 0 aliphatic carbocycles. The maximum absolute atomic E-state index is 14.1. The first-order valence-corrected chi connectivity index (χ1v) is 9.15. The third-order valence-electron chi connectivity index (χ3n) is 4.10. The number of alkyl halides is 2. The standard InChI is InChI=1S/C16H20F2N4OP2/c1-23-13-8-12(20-15(21-13)22-5-3-2-4-6-22)10-9-19-14(24)7-11(10)16(17,18)25/h7-9H,2-6,24-25H2,1H3. The highest BCUT2D eigenvalue weighted by molar-refractivity contribution is 7.26. The maximum Gasteiger partial charge on any atom is 0.284 e. The van der Waals surface area contributed by atoms with Crippen molar-refractivity contribution in [3.05, 3.63) is 23.9 Å². The summed E-state index contributed by atoms with van der Waals surface area (Å²) in [6.07, 6.45) is 4.72. The Morgan fingerprint density at radius 1 is 1.16 bits per heavy atom. The van der Waals surface area contributed by atoms with Crippen LogP contribution in [0.3, 0.4) is 0 Å². The molecule has 1 aliphatic heterocycles. The number of methoxy groups -OCH3 is 1. The molecule has 2 aromatic heterocycles. The Labute approximate surface area is 150 Å². The summed E-state index contributed by atoms with van der Waals surface area (Å²) in [7, 11) is 5.41. The van der Waals surface area contributed by atoms with Crippen LogP contribution in [0.1, 0.15) is 24.8 Å². The highest BCUT2D eigenvalue weighted by Crippen LogP contribution is 2.40. The molecule has 2 aromatic rings. The van der Waals surface area contributed by atoms with Crippen LogP contribution in [0.25, 0.3) is 11.3 Å². The van der Waals surface area contributed by atoms with E-state index in [1.807, 2.05) is 0 Å². The molecule has 9 heteroatoms. The third kappa shape index (κ3) is 4.21. The zero-order chi connectivity index (χ0) is 18.0.